The molecule has 0 saturated carbocycles. The highest BCUT2D eigenvalue weighted by Gasteiger charge is 2.31. The molecule has 1 aliphatic rings. The van der Waals surface area contributed by atoms with E-state index in [-0.39, 0.29) is 12.0 Å². The second-order valence-electron chi connectivity index (χ2n) is 6.69. The molecule has 0 radical (unpaired) electrons. The van der Waals surface area contributed by atoms with Crippen molar-refractivity contribution in [3.8, 4) is 11.5 Å². The molecule has 0 bridgehead atoms. The van der Waals surface area contributed by atoms with E-state index in [0.717, 1.165) is 23.1 Å². The lowest BCUT2D eigenvalue weighted by Gasteiger charge is -2.37. The average molecular weight is 434 g/mol. The molecule has 3 rings (SSSR count). The van der Waals surface area contributed by atoms with Gasteiger partial charge < -0.3 is 14.6 Å². The smallest absolute Gasteiger partial charge is 0.306 e. The molecule has 0 aliphatic carbocycles. The molecule has 1 aliphatic heterocycles. The van der Waals surface area contributed by atoms with Gasteiger partial charge in [0.05, 0.1) is 26.2 Å². The molecular formula is C21H24BrNO4. The molecule has 0 spiro atoms. The first-order valence-electron chi connectivity index (χ1n) is 8.98. The summed E-state index contributed by atoms with van der Waals surface area (Å²) < 4.78 is 11.9. The quantitative estimate of drug-likeness (QED) is 0.733. The fourth-order valence-corrected chi connectivity index (χ4v) is 4.25. The number of carboxylic acid groups (broad SMARTS) is 1. The average Bonchev–Trinajstić information content (AvgIpc) is 2.70. The van der Waals surface area contributed by atoms with Crippen molar-refractivity contribution in [2.24, 2.45) is 5.92 Å². The summed E-state index contributed by atoms with van der Waals surface area (Å²) in [4.78, 5) is 13.7. The number of ether oxygens (including phenoxy) is 2. The van der Waals surface area contributed by atoms with Crippen molar-refractivity contribution in [3.63, 3.8) is 0 Å². The van der Waals surface area contributed by atoms with E-state index in [9.17, 15) is 9.90 Å². The van der Waals surface area contributed by atoms with Crippen LogP contribution in [0.3, 0.4) is 0 Å². The van der Waals surface area contributed by atoms with Gasteiger partial charge in [-0.15, -0.1) is 0 Å². The van der Waals surface area contributed by atoms with Crippen molar-refractivity contribution in [1.29, 1.82) is 0 Å². The van der Waals surface area contributed by atoms with Crippen LogP contribution in [0.1, 0.15) is 30.0 Å². The van der Waals surface area contributed by atoms with Gasteiger partial charge in [0.2, 0.25) is 0 Å². The Morgan fingerprint density at radius 2 is 1.70 bits per heavy atom. The third-order valence-corrected chi connectivity index (χ3v) is 5.84. The Labute approximate surface area is 168 Å². The van der Waals surface area contributed by atoms with Crippen LogP contribution in [0, 0.1) is 5.92 Å². The zero-order valence-corrected chi connectivity index (χ0v) is 17.1. The highest BCUT2D eigenvalue weighted by Crippen LogP contribution is 2.41. The number of hydrogen-bond acceptors (Lipinski definition) is 4. The van der Waals surface area contributed by atoms with Crippen molar-refractivity contribution in [2.75, 3.05) is 27.3 Å². The number of likely N-dealkylation sites (tertiary alicyclic amines) is 1. The summed E-state index contributed by atoms with van der Waals surface area (Å²) in [5.74, 6) is 0.395. The molecule has 5 nitrogen and oxygen atoms in total. The molecular weight excluding hydrogens is 410 g/mol. The Kier molecular flexibility index (Phi) is 6.39. The zero-order chi connectivity index (χ0) is 19.4. The summed E-state index contributed by atoms with van der Waals surface area (Å²) in [7, 11) is 3.25. The molecule has 1 unspecified atom stereocenters. The minimum absolute atomic E-state index is 0.00938. The Bertz CT molecular complexity index is 788. The van der Waals surface area contributed by atoms with E-state index in [1.807, 2.05) is 30.3 Å². The van der Waals surface area contributed by atoms with Gasteiger partial charge in [-0.1, -0.05) is 46.3 Å². The Morgan fingerprint density at radius 1 is 1.11 bits per heavy atom. The van der Waals surface area contributed by atoms with Crippen molar-refractivity contribution in [1.82, 2.24) is 4.90 Å². The van der Waals surface area contributed by atoms with E-state index in [4.69, 9.17) is 9.47 Å². The fourth-order valence-electron chi connectivity index (χ4n) is 3.71. The Hall–Kier alpha value is -2.05. The van der Waals surface area contributed by atoms with Gasteiger partial charge in [0, 0.05) is 4.47 Å². The van der Waals surface area contributed by atoms with Crippen LogP contribution >= 0.6 is 15.9 Å². The number of carbonyl (C=O) groups is 1. The minimum atomic E-state index is -0.696. The van der Waals surface area contributed by atoms with Crippen LogP contribution in [-0.4, -0.2) is 43.3 Å². The number of halogens is 1. The maximum absolute atomic E-state index is 11.3. The molecule has 0 amide bonds. The molecule has 144 valence electrons. The Balaban J connectivity index is 2.01. The summed E-state index contributed by atoms with van der Waals surface area (Å²) in [5, 5.41) is 9.31. The van der Waals surface area contributed by atoms with Gasteiger partial charge in [0.25, 0.3) is 0 Å². The number of methoxy groups -OCH3 is 2. The summed E-state index contributed by atoms with van der Waals surface area (Å²) in [6.07, 6.45) is 1.31. The predicted octanol–water partition coefficient (Wildman–Crippen LogP) is 4.35. The molecule has 1 atom stereocenters. The van der Waals surface area contributed by atoms with E-state index >= 15 is 0 Å². The monoisotopic (exact) mass is 433 g/mol. The molecule has 0 aromatic heterocycles. The van der Waals surface area contributed by atoms with Crippen molar-refractivity contribution >= 4 is 21.9 Å². The summed E-state index contributed by atoms with van der Waals surface area (Å²) in [6.45, 7) is 1.47. The van der Waals surface area contributed by atoms with E-state index in [2.05, 4.69) is 33.0 Å². The van der Waals surface area contributed by atoms with Gasteiger partial charge in [-0.2, -0.15) is 0 Å². The maximum Gasteiger partial charge on any atom is 0.306 e. The van der Waals surface area contributed by atoms with Crippen LogP contribution in [0.4, 0.5) is 0 Å². The fraction of sp³-hybridized carbons (Fsp3) is 0.381. The van der Waals surface area contributed by atoms with E-state index in [1.165, 1.54) is 5.56 Å². The van der Waals surface area contributed by atoms with E-state index in [0.29, 0.717) is 24.3 Å². The molecule has 2 aromatic carbocycles. The topological polar surface area (TPSA) is 59.0 Å². The summed E-state index contributed by atoms with van der Waals surface area (Å²) in [5.41, 5.74) is 2.24. The molecule has 27 heavy (non-hydrogen) atoms. The van der Waals surface area contributed by atoms with Gasteiger partial charge in [0.15, 0.2) is 11.5 Å². The first-order valence-corrected chi connectivity index (χ1v) is 9.77. The van der Waals surface area contributed by atoms with Gasteiger partial charge >= 0.3 is 5.97 Å². The lowest BCUT2D eigenvalue weighted by Crippen LogP contribution is -2.39. The van der Waals surface area contributed by atoms with Gasteiger partial charge in [-0.25, -0.2) is 0 Å². The second kappa shape index (κ2) is 8.76. The maximum atomic E-state index is 11.3. The van der Waals surface area contributed by atoms with Crippen molar-refractivity contribution in [2.45, 2.75) is 18.9 Å². The minimum Gasteiger partial charge on any atom is -0.493 e. The van der Waals surface area contributed by atoms with Crippen molar-refractivity contribution < 1.29 is 19.4 Å². The highest BCUT2D eigenvalue weighted by molar-refractivity contribution is 9.10. The van der Waals surface area contributed by atoms with Crippen LogP contribution in [-0.2, 0) is 4.79 Å². The van der Waals surface area contributed by atoms with Crippen LogP contribution in [0.2, 0.25) is 0 Å². The summed E-state index contributed by atoms with van der Waals surface area (Å²) >= 11 is 3.69. The van der Waals surface area contributed by atoms with Gasteiger partial charge in [0.1, 0.15) is 0 Å². The summed E-state index contributed by atoms with van der Waals surface area (Å²) in [6, 6.07) is 14.2. The standard InChI is InChI=1S/C21H24BrNO4/c1-26-18-12-16(17(22)13-19(18)27-2)20(14-6-4-3-5-7-14)23-10-8-15(9-11-23)21(24)25/h3-7,12-13,15,20H,8-11H2,1-2H3,(H,24,25). The van der Waals surface area contributed by atoms with E-state index < -0.39 is 5.97 Å². The number of rotatable bonds is 6. The molecule has 1 N–H and O–H groups in total. The number of piperidine rings is 1. The molecule has 1 saturated heterocycles. The van der Waals surface area contributed by atoms with Gasteiger partial charge in [-0.3, -0.25) is 9.69 Å². The number of carboxylic acids is 1. The first kappa shape index (κ1) is 19.7. The molecule has 6 heteroatoms. The highest BCUT2D eigenvalue weighted by atomic mass is 79.9. The number of nitrogens with zero attached hydrogens (tertiary/aromatic N) is 1. The molecule has 2 aromatic rings. The number of benzene rings is 2. The zero-order valence-electron chi connectivity index (χ0n) is 15.5. The molecule has 1 heterocycles. The third-order valence-electron chi connectivity index (χ3n) is 5.16. The van der Waals surface area contributed by atoms with Crippen LogP contribution in [0.25, 0.3) is 0 Å². The molecule has 1 fully saturated rings. The SMILES string of the molecule is COc1cc(Br)c(C(c2ccccc2)N2CCC(C(=O)O)CC2)cc1OC. The van der Waals surface area contributed by atoms with Crippen LogP contribution in [0.5, 0.6) is 11.5 Å². The second-order valence-corrected chi connectivity index (χ2v) is 7.54. The predicted molar refractivity (Wildman–Crippen MR) is 107 cm³/mol. The lowest BCUT2D eigenvalue weighted by atomic mass is 9.91. The normalized spacial score (nSPS) is 16.7. The van der Waals surface area contributed by atoms with E-state index in [1.54, 1.807) is 14.2 Å². The first-order chi connectivity index (χ1) is 13.0. The third kappa shape index (κ3) is 4.28. The van der Waals surface area contributed by atoms with Gasteiger partial charge in [-0.05, 0) is 49.2 Å². The Morgan fingerprint density at radius 3 is 2.26 bits per heavy atom. The van der Waals surface area contributed by atoms with Crippen LogP contribution in [0.15, 0.2) is 46.9 Å². The largest absolute Gasteiger partial charge is 0.493 e. The number of aliphatic carboxylic acids is 1. The van der Waals surface area contributed by atoms with Crippen LogP contribution < -0.4 is 9.47 Å². The number of hydrogen-bond donors (Lipinski definition) is 1. The van der Waals surface area contributed by atoms with Crippen molar-refractivity contribution in [3.05, 3.63) is 58.1 Å². The lowest BCUT2D eigenvalue weighted by molar-refractivity contribution is -0.143.